The minimum Gasteiger partial charge on any atom is -0.390 e. The molecule has 0 bridgehead atoms. The smallest absolute Gasteiger partial charge is 0.390 e. The van der Waals surface area contributed by atoms with E-state index in [1.807, 2.05) is 0 Å². The van der Waals surface area contributed by atoms with Gasteiger partial charge in [-0.2, -0.15) is 18.3 Å². The van der Waals surface area contributed by atoms with Gasteiger partial charge in [-0.1, -0.05) is 23.2 Å². The predicted octanol–water partition coefficient (Wildman–Crippen LogP) is 3.80. The van der Waals surface area contributed by atoms with Gasteiger partial charge in [0.2, 0.25) is 0 Å². The van der Waals surface area contributed by atoms with E-state index in [0.717, 1.165) is 10.6 Å². The number of nitrogens with one attached hydrogen (secondary N) is 1. The van der Waals surface area contributed by atoms with E-state index in [4.69, 9.17) is 23.2 Å². The lowest BCUT2D eigenvalue weighted by Gasteiger charge is -2.10. The molecule has 0 saturated carbocycles. The first kappa shape index (κ1) is 18.4. The van der Waals surface area contributed by atoms with E-state index in [-0.39, 0.29) is 32.5 Å². The van der Waals surface area contributed by atoms with Gasteiger partial charge in [-0.3, -0.25) is 9.78 Å². The van der Waals surface area contributed by atoms with Crippen LogP contribution in [0.3, 0.4) is 0 Å². The fourth-order valence-corrected chi connectivity index (χ4v) is 2.75. The van der Waals surface area contributed by atoms with Crippen LogP contribution in [-0.4, -0.2) is 25.6 Å². The standard InChI is InChI=1S/C15H9Cl2F3N4O2/c16-9-4-21-5-10(17)13(9)22-14(26)8-2-1-7(6-25)24-11(8)3-12(23-24)15(18,19)20/h1-5,25H,6H2,(H,21,22,26). The maximum absolute atomic E-state index is 13.0. The summed E-state index contributed by atoms with van der Waals surface area (Å²) >= 11 is 11.9. The summed E-state index contributed by atoms with van der Waals surface area (Å²) in [4.78, 5) is 16.3. The first-order valence-corrected chi connectivity index (χ1v) is 7.78. The van der Waals surface area contributed by atoms with Crippen molar-refractivity contribution in [2.75, 3.05) is 5.32 Å². The quantitative estimate of drug-likeness (QED) is 0.695. The first-order chi connectivity index (χ1) is 12.2. The Bertz CT molecular complexity index is 984. The van der Waals surface area contributed by atoms with Crippen LogP contribution in [0.4, 0.5) is 18.9 Å². The average Bonchev–Trinajstić information content (AvgIpc) is 3.03. The number of aliphatic hydroxyl groups is 1. The number of carbonyl (C=O) groups is 1. The average molecular weight is 405 g/mol. The molecule has 3 aromatic rings. The number of halogens is 5. The second-order valence-electron chi connectivity index (χ2n) is 5.15. The van der Waals surface area contributed by atoms with Crippen molar-refractivity contribution >= 4 is 40.3 Å². The zero-order valence-corrected chi connectivity index (χ0v) is 14.2. The summed E-state index contributed by atoms with van der Waals surface area (Å²) in [5.41, 5.74) is -1.25. The molecule has 2 N–H and O–H groups in total. The molecule has 0 aliphatic heterocycles. The molecule has 0 fully saturated rings. The number of amides is 1. The van der Waals surface area contributed by atoms with E-state index in [0.29, 0.717) is 0 Å². The van der Waals surface area contributed by atoms with Crippen LogP contribution < -0.4 is 5.32 Å². The van der Waals surface area contributed by atoms with Crippen molar-refractivity contribution in [2.24, 2.45) is 0 Å². The number of nitrogens with zero attached hydrogens (tertiary/aromatic N) is 3. The Morgan fingerprint density at radius 2 is 1.88 bits per heavy atom. The lowest BCUT2D eigenvalue weighted by Crippen LogP contribution is -2.15. The van der Waals surface area contributed by atoms with Crippen LogP contribution in [0.2, 0.25) is 10.0 Å². The predicted molar refractivity (Wildman–Crippen MR) is 88.3 cm³/mol. The van der Waals surface area contributed by atoms with Gasteiger partial charge in [-0.15, -0.1) is 0 Å². The van der Waals surface area contributed by atoms with Crippen molar-refractivity contribution < 1.29 is 23.1 Å². The highest BCUT2D eigenvalue weighted by atomic mass is 35.5. The number of hydrogen-bond acceptors (Lipinski definition) is 4. The molecule has 136 valence electrons. The third-order valence-corrected chi connectivity index (χ3v) is 4.06. The van der Waals surface area contributed by atoms with Crippen molar-refractivity contribution in [1.29, 1.82) is 0 Å². The van der Waals surface area contributed by atoms with Crippen LogP contribution in [0.5, 0.6) is 0 Å². The molecule has 0 radical (unpaired) electrons. The fraction of sp³-hybridized carbons (Fsp3) is 0.133. The van der Waals surface area contributed by atoms with Gasteiger partial charge in [-0.05, 0) is 18.2 Å². The topological polar surface area (TPSA) is 79.5 Å². The number of anilines is 1. The molecule has 0 spiro atoms. The Balaban J connectivity index is 2.10. The van der Waals surface area contributed by atoms with Gasteiger partial charge in [-0.25, -0.2) is 4.52 Å². The number of rotatable bonds is 3. The van der Waals surface area contributed by atoms with Gasteiger partial charge in [0.25, 0.3) is 5.91 Å². The third-order valence-electron chi connectivity index (χ3n) is 3.49. The number of hydrogen-bond donors (Lipinski definition) is 2. The molecular formula is C15H9Cl2F3N4O2. The van der Waals surface area contributed by atoms with E-state index in [2.05, 4.69) is 15.4 Å². The Labute approximate surface area is 154 Å². The normalized spacial score (nSPS) is 11.8. The van der Waals surface area contributed by atoms with E-state index in [1.165, 1.54) is 24.5 Å². The zero-order valence-electron chi connectivity index (χ0n) is 12.7. The van der Waals surface area contributed by atoms with Crippen LogP contribution in [0, 0.1) is 0 Å². The highest BCUT2D eigenvalue weighted by molar-refractivity contribution is 6.39. The molecular weight excluding hydrogens is 396 g/mol. The molecule has 3 aromatic heterocycles. The number of alkyl halides is 3. The summed E-state index contributed by atoms with van der Waals surface area (Å²) in [6.45, 7) is -0.556. The van der Waals surface area contributed by atoms with Crippen LogP contribution in [0.1, 0.15) is 21.7 Å². The number of carbonyl (C=O) groups excluding carboxylic acids is 1. The molecule has 0 atom stereocenters. The second-order valence-corrected chi connectivity index (χ2v) is 5.97. The maximum Gasteiger partial charge on any atom is 0.435 e. The second kappa shape index (κ2) is 6.75. The Morgan fingerprint density at radius 3 is 2.46 bits per heavy atom. The van der Waals surface area contributed by atoms with E-state index in [1.54, 1.807) is 0 Å². The molecule has 11 heteroatoms. The van der Waals surface area contributed by atoms with Gasteiger partial charge in [0, 0.05) is 12.4 Å². The Kier molecular flexibility index (Phi) is 4.78. The summed E-state index contributed by atoms with van der Waals surface area (Å²) in [6, 6.07) is 3.30. The van der Waals surface area contributed by atoms with Crippen molar-refractivity contribution in [3.05, 3.63) is 57.6 Å². The van der Waals surface area contributed by atoms with Crippen LogP contribution in [-0.2, 0) is 12.8 Å². The molecule has 26 heavy (non-hydrogen) atoms. The molecule has 0 saturated heterocycles. The van der Waals surface area contributed by atoms with Gasteiger partial charge < -0.3 is 10.4 Å². The lowest BCUT2D eigenvalue weighted by atomic mass is 10.1. The molecule has 0 aliphatic rings. The molecule has 1 amide bonds. The van der Waals surface area contributed by atoms with Crippen molar-refractivity contribution in [3.63, 3.8) is 0 Å². The minimum absolute atomic E-state index is 0.0679. The molecule has 3 heterocycles. The number of aliphatic hydroxyl groups excluding tert-OH is 1. The van der Waals surface area contributed by atoms with E-state index < -0.39 is 24.4 Å². The van der Waals surface area contributed by atoms with Crippen LogP contribution in [0.15, 0.2) is 30.6 Å². The summed E-state index contributed by atoms with van der Waals surface area (Å²) in [7, 11) is 0. The molecule has 0 aliphatic carbocycles. The van der Waals surface area contributed by atoms with Crippen molar-refractivity contribution in [2.45, 2.75) is 12.8 Å². The molecule has 0 aromatic carbocycles. The summed E-state index contributed by atoms with van der Waals surface area (Å²) in [6.07, 6.45) is -2.19. The number of aromatic nitrogens is 3. The summed E-state index contributed by atoms with van der Waals surface area (Å²) < 4.78 is 39.8. The highest BCUT2D eigenvalue weighted by Crippen LogP contribution is 2.32. The number of fused-ring (bicyclic) bond motifs is 1. The molecule has 6 nitrogen and oxygen atoms in total. The first-order valence-electron chi connectivity index (χ1n) is 7.02. The summed E-state index contributed by atoms with van der Waals surface area (Å²) in [5, 5.41) is 15.3. The Morgan fingerprint density at radius 1 is 1.23 bits per heavy atom. The van der Waals surface area contributed by atoms with Gasteiger partial charge in [0.1, 0.15) is 0 Å². The number of pyridine rings is 2. The van der Waals surface area contributed by atoms with Crippen LogP contribution in [0.25, 0.3) is 5.52 Å². The third kappa shape index (κ3) is 3.33. The lowest BCUT2D eigenvalue weighted by molar-refractivity contribution is -0.141. The largest absolute Gasteiger partial charge is 0.435 e. The van der Waals surface area contributed by atoms with Gasteiger partial charge in [0.15, 0.2) is 5.69 Å². The molecule has 3 rings (SSSR count). The van der Waals surface area contributed by atoms with Crippen molar-refractivity contribution in [1.82, 2.24) is 14.6 Å². The summed E-state index contributed by atoms with van der Waals surface area (Å²) in [5.74, 6) is -0.747. The van der Waals surface area contributed by atoms with E-state index >= 15 is 0 Å². The monoisotopic (exact) mass is 404 g/mol. The van der Waals surface area contributed by atoms with Crippen molar-refractivity contribution in [3.8, 4) is 0 Å². The van der Waals surface area contributed by atoms with E-state index in [9.17, 15) is 23.1 Å². The zero-order chi connectivity index (χ0) is 19.1. The Hall–Kier alpha value is -2.36. The fourth-order valence-electron chi connectivity index (χ4n) is 2.29. The maximum atomic E-state index is 13.0. The van der Waals surface area contributed by atoms with Gasteiger partial charge in [0.05, 0.1) is 39.1 Å². The van der Waals surface area contributed by atoms with Crippen LogP contribution >= 0.6 is 23.2 Å². The highest BCUT2D eigenvalue weighted by Gasteiger charge is 2.35. The SMILES string of the molecule is O=C(Nc1c(Cl)cncc1Cl)c1ccc(CO)n2nc(C(F)(F)F)cc12. The minimum atomic E-state index is -4.70. The van der Waals surface area contributed by atoms with Gasteiger partial charge >= 0.3 is 6.18 Å². The molecule has 0 unspecified atom stereocenters.